The summed E-state index contributed by atoms with van der Waals surface area (Å²) in [5, 5.41) is 0. The Morgan fingerprint density at radius 3 is 1.69 bits per heavy atom. The Balaban J connectivity index is 0.00000578. The molecule has 0 aliphatic carbocycles. The van der Waals surface area contributed by atoms with Crippen LogP contribution < -0.4 is 63.9 Å². The topological polar surface area (TPSA) is 124 Å². The summed E-state index contributed by atoms with van der Waals surface area (Å²) in [6.45, 7) is 2.19. The maximum absolute atomic E-state index is 12.0. The van der Waals surface area contributed by atoms with Gasteiger partial charge in [-0.25, -0.2) is 16.8 Å². The normalized spacial score (nSPS) is 11.4. The molecule has 35 heavy (non-hydrogen) atoms. The Morgan fingerprint density at radius 1 is 0.686 bits per heavy atom. The number of benzene rings is 2. The third-order valence-electron chi connectivity index (χ3n) is 5.44. The van der Waals surface area contributed by atoms with Gasteiger partial charge in [-0.05, 0) is 36.6 Å². The van der Waals surface area contributed by atoms with Crippen molar-refractivity contribution < 1.29 is 89.8 Å². The van der Waals surface area contributed by atoms with Gasteiger partial charge >= 0.3 is 59.1 Å². The van der Waals surface area contributed by atoms with Gasteiger partial charge < -0.3 is 13.8 Å². The van der Waals surface area contributed by atoms with Gasteiger partial charge in [-0.15, -0.1) is 0 Å². The molecule has 0 unspecified atom stereocenters. The third kappa shape index (κ3) is 12.4. The van der Waals surface area contributed by atoms with Crippen LogP contribution >= 0.6 is 0 Å². The standard InChI is InChI=1S/C24H34O7S2.2Na/c1-2-3-4-5-6-7-8-9-10-12-15-20-18-19-22(32(25,26)27)24(33(28,29)30)23(20)31-21-16-13-11-14-17-21;;/h11,13-14,16-19H,2-10,12,15H2,1H3,(H,25,26,27)(H,28,29,30);;/q;2*+1/p-2. The molecular formula is C24H32Na2O7S2. The fourth-order valence-corrected chi connectivity index (χ4v) is 5.62. The van der Waals surface area contributed by atoms with Crippen LogP contribution in [0, 0.1) is 0 Å². The number of hydrogen-bond donors (Lipinski definition) is 0. The summed E-state index contributed by atoms with van der Waals surface area (Å²) in [6, 6.07) is 10.4. The molecule has 0 fully saturated rings. The van der Waals surface area contributed by atoms with Crippen LogP contribution in [0.2, 0.25) is 0 Å². The monoisotopic (exact) mass is 542 g/mol. The minimum Gasteiger partial charge on any atom is -0.744 e. The summed E-state index contributed by atoms with van der Waals surface area (Å²) in [7, 11) is -10.5. The van der Waals surface area contributed by atoms with E-state index in [4.69, 9.17) is 4.74 Å². The van der Waals surface area contributed by atoms with Crippen molar-refractivity contribution in [2.75, 3.05) is 0 Å². The smallest absolute Gasteiger partial charge is 0.744 e. The predicted octanol–water partition coefficient (Wildman–Crippen LogP) is -0.241. The molecule has 0 aliphatic rings. The average molecular weight is 543 g/mol. The molecule has 0 aromatic heterocycles. The zero-order valence-electron chi connectivity index (χ0n) is 21.0. The van der Waals surface area contributed by atoms with Gasteiger partial charge in [-0.1, -0.05) is 89.0 Å². The number of aryl methyl sites for hydroxylation is 1. The molecule has 2 aromatic carbocycles. The van der Waals surface area contributed by atoms with Gasteiger partial charge in [0.15, 0.2) is 0 Å². The first-order valence-corrected chi connectivity index (χ1v) is 14.3. The van der Waals surface area contributed by atoms with Crippen molar-refractivity contribution in [3.8, 4) is 11.5 Å². The van der Waals surface area contributed by atoms with Gasteiger partial charge in [0.2, 0.25) is 0 Å². The number of hydrogen-bond acceptors (Lipinski definition) is 7. The third-order valence-corrected chi connectivity index (χ3v) is 7.35. The van der Waals surface area contributed by atoms with Gasteiger partial charge in [0.05, 0.1) is 4.90 Å². The van der Waals surface area contributed by atoms with Crippen LogP contribution in [0.3, 0.4) is 0 Å². The fourth-order valence-electron chi connectivity index (χ4n) is 3.74. The van der Waals surface area contributed by atoms with E-state index in [9.17, 15) is 25.9 Å². The van der Waals surface area contributed by atoms with Crippen LogP contribution in [0.4, 0.5) is 0 Å². The van der Waals surface area contributed by atoms with E-state index >= 15 is 0 Å². The van der Waals surface area contributed by atoms with Gasteiger partial charge in [-0.3, -0.25) is 0 Å². The van der Waals surface area contributed by atoms with Crippen LogP contribution in [-0.4, -0.2) is 25.9 Å². The summed E-state index contributed by atoms with van der Waals surface area (Å²) in [4.78, 5) is -2.21. The van der Waals surface area contributed by atoms with Crippen LogP contribution in [0.15, 0.2) is 52.3 Å². The van der Waals surface area contributed by atoms with E-state index in [-0.39, 0.29) is 70.6 Å². The number of ether oxygens (including phenoxy) is 1. The van der Waals surface area contributed by atoms with Crippen molar-refractivity contribution in [2.45, 2.75) is 87.3 Å². The van der Waals surface area contributed by atoms with Crippen molar-refractivity contribution in [3.63, 3.8) is 0 Å². The molecule has 0 radical (unpaired) electrons. The first-order valence-electron chi connectivity index (χ1n) is 11.4. The molecule has 184 valence electrons. The zero-order chi connectivity index (χ0) is 24.3. The molecular weight excluding hydrogens is 510 g/mol. The summed E-state index contributed by atoms with van der Waals surface area (Å²) in [5.74, 6) is -0.156. The number of para-hydroxylation sites is 1. The largest absolute Gasteiger partial charge is 1.00 e. The average Bonchev–Trinajstić information content (AvgIpc) is 2.75. The molecule has 0 amide bonds. The molecule has 2 rings (SSSR count). The van der Waals surface area contributed by atoms with Crippen molar-refractivity contribution in [1.29, 1.82) is 0 Å². The summed E-state index contributed by atoms with van der Waals surface area (Å²) in [5.41, 5.74) is 0.375. The second kappa shape index (κ2) is 17.5. The van der Waals surface area contributed by atoms with Crippen LogP contribution in [0.1, 0.15) is 76.7 Å². The van der Waals surface area contributed by atoms with Crippen molar-refractivity contribution in [1.82, 2.24) is 0 Å². The minimum atomic E-state index is -5.30. The summed E-state index contributed by atoms with van der Waals surface area (Å²) < 4.78 is 76.5. The zero-order valence-corrected chi connectivity index (χ0v) is 26.6. The first-order chi connectivity index (χ1) is 15.6. The van der Waals surface area contributed by atoms with Crippen LogP contribution in [0.5, 0.6) is 11.5 Å². The van der Waals surface area contributed by atoms with Crippen LogP contribution in [0.25, 0.3) is 0 Å². The Hall–Kier alpha value is 0.0600. The van der Waals surface area contributed by atoms with Gasteiger partial charge in [0.1, 0.15) is 36.6 Å². The Bertz CT molecular complexity index is 1090. The Kier molecular flexibility index (Phi) is 17.6. The van der Waals surface area contributed by atoms with E-state index in [0.717, 1.165) is 25.3 Å². The Labute approximate surface area is 254 Å². The van der Waals surface area contributed by atoms with Gasteiger partial charge in [-0.2, -0.15) is 0 Å². The second-order valence-corrected chi connectivity index (χ2v) is 10.8. The summed E-state index contributed by atoms with van der Waals surface area (Å²) in [6.07, 6.45) is 11.6. The van der Waals surface area contributed by atoms with Crippen LogP contribution in [-0.2, 0) is 26.7 Å². The SMILES string of the molecule is CCCCCCCCCCCCc1ccc(S(=O)(=O)[O-])c(S(=O)(=O)[O-])c1Oc1ccccc1.[Na+].[Na+]. The van der Waals surface area contributed by atoms with E-state index in [1.165, 1.54) is 44.6 Å². The second-order valence-electron chi connectivity index (χ2n) is 8.14. The molecule has 0 saturated heterocycles. The molecule has 11 heteroatoms. The molecule has 0 spiro atoms. The number of unbranched alkanes of at least 4 members (excludes halogenated alkanes) is 9. The van der Waals surface area contributed by atoms with E-state index in [1.807, 2.05) is 0 Å². The fraction of sp³-hybridized carbons (Fsp3) is 0.500. The molecule has 0 bridgehead atoms. The Morgan fingerprint density at radius 2 is 1.20 bits per heavy atom. The molecule has 0 saturated carbocycles. The van der Waals surface area contributed by atoms with Crippen molar-refractivity contribution >= 4 is 20.2 Å². The van der Waals surface area contributed by atoms with Gasteiger partial charge in [0.25, 0.3) is 0 Å². The predicted molar refractivity (Wildman–Crippen MR) is 124 cm³/mol. The van der Waals surface area contributed by atoms with E-state index in [2.05, 4.69) is 6.92 Å². The summed E-state index contributed by atoms with van der Waals surface area (Å²) >= 11 is 0. The maximum atomic E-state index is 12.0. The first kappa shape index (κ1) is 35.1. The molecule has 7 nitrogen and oxygen atoms in total. The maximum Gasteiger partial charge on any atom is 1.00 e. The van der Waals surface area contributed by atoms with E-state index in [0.29, 0.717) is 18.4 Å². The molecule has 2 aromatic rings. The van der Waals surface area contributed by atoms with E-state index in [1.54, 1.807) is 30.3 Å². The quantitative estimate of drug-likeness (QED) is 0.173. The molecule has 0 N–H and O–H groups in total. The number of rotatable bonds is 15. The van der Waals surface area contributed by atoms with E-state index < -0.39 is 30.0 Å². The van der Waals surface area contributed by atoms with Crippen molar-refractivity contribution in [3.05, 3.63) is 48.0 Å². The van der Waals surface area contributed by atoms with Gasteiger partial charge in [0, 0.05) is 0 Å². The molecule has 0 aliphatic heterocycles. The molecule has 0 atom stereocenters. The van der Waals surface area contributed by atoms with Crippen molar-refractivity contribution in [2.24, 2.45) is 0 Å². The minimum absolute atomic E-state index is 0. The molecule has 0 heterocycles.